The minimum Gasteiger partial charge on any atom is -0.445 e. The van der Waals surface area contributed by atoms with Crippen molar-refractivity contribution < 1.29 is 9.53 Å². The zero-order chi connectivity index (χ0) is 16.7. The van der Waals surface area contributed by atoms with Gasteiger partial charge in [0.2, 0.25) is 0 Å². The minimum atomic E-state index is -0.427. The molecule has 4 heteroatoms. The van der Waals surface area contributed by atoms with Crippen molar-refractivity contribution in [1.29, 1.82) is 0 Å². The maximum atomic E-state index is 11.6. The fourth-order valence-corrected chi connectivity index (χ4v) is 2.14. The van der Waals surface area contributed by atoms with Gasteiger partial charge in [0.25, 0.3) is 0 Å². The van der Waals surface area contributed by atoms with E-state index in [2.05, 4.69) is 5.32 Å². The van der Waals surface area contributed by atoms with E-state index < -0.39 is 6.09 Å². The van der Waals surface area contributed by atoms with Gasteiger partial charge in [0, 0.05) is 12.2 Å². The first kappa shape index (κ1) is 16.6. The zero-order valence-electron chi connectivity index (χ0n) is 13.5. The second-order valence-corrected chi connectivity index (χ2v) is 5.41. The summed E-state index contributed by atoms with van der Waals surface area (Å²) in [4.78, 5) is 11.6. The molecule has 0 aliphatic rings. The fraction of sp³-hybridized carbons (Fsp3) is 0.211. The predicted molar refractivity (Wildman–Crippen MR) is 94.0 cm³/mol. The smallest absolute Gasteiger partial charge is 0.407 e. The van der Waals surface area contributed by atoms with Gasteiger partial charge in [-0.1, -0.05) is 42.5 Å². The van der Waals surface area contributed by atoms with Crippen LogP contribution in [0.5, 0.6) is 0 Å². The summed E-state index contributed by atoms with van der Waals surface area (Å²) in [7, 11) is 0. The van der Waals surface area contributed by atoms with E-state index in [-0.39, 0.29) is 6.61 Å². The van der Waals surface area contributed by atoms with E-state index in [1.807, 2.05) is 68.5 Å². The summed E-state index contributed by atoms with van der Waals surface area (Å²) >= 11 is 0. The van der Waals surface area contributed by atoms with Crippen LogP contribution in [-0.4, -0.2) is 12.6 Å². The average Bonchev–Trinajstić information content (AvgIpc) is 2.55. The van der Waals surface area contributed by atoms with E-state index in [4.69, 9.17) is 10.5 Å². The third-order valence-corrected chi connectivity index (χ3v) is 3.53. The number of nitrogens with two attached hydrogens (primary N) is 1. The SMILES string of the molecule is Cc1cc(C=CCNC(=O)OCc2ccccc2)c(C)cc1N. The van der Waals surface area contributed by atoms with E-state index in [1.54, 1.807) is 0 Å². The first-order chi connectivity index (χ1) is 11.1. The third kappa shape index (κ3) is 5.18. The lowest BCUT2D eigenvalue weighted by Gasteiger charge is -2.07. The maximum absolute atomic E-state index is 11.6. The molecule has 0 radical (unpaired) electrons. The first-order valence-electron chi connectivity index (χ1n) is 7.54. The summed E-state index contributed by atoms with van der Waals surface area (Å²) in [6.45, 7) is 4.67. The summed E-state index contributed by atoms with van der Waals surface area (Å²) in [5.41, 5.74) is 10.9. The molecule has 2 rings (SSSR count). The van der Waals surface area contributed by atoms with E-state index in [1.165, 1.54) is 0 Å². The number of aryl methyl sites for hydroxylation is 2. The lowest BCUT2D eigenvalue weighted by Crippen LogP contribution is -2.24. The highest BCUT2D eigenvalue weighted by Crippen LogP contribution is 2.18. The van der Waals surface area contributed by atoms with Gasteiger partial charge in [-0.15, -0.1) is 0 Å². The van der Waals surface area contributed by atoms with E-state index >= 15 is 0 Å². The summed E-state index contributed by atoms with van der Waals surface area (Å²) < 4.78 is 5.14. The van der Waals surface area contributed by atoms with Crippen LogP contribution in [0.1, 0.15) is 22.3 Å². The van der Waals surface area contributed by atoms with Gasteiger partial charge >= 0.3 is 6.09 Å². The van der Waals surface area contributed by atoms with E-state index in [9.17, 15) is 4.79 Å². The quantitative estimate of drug-likeness (QED) is 0.825. The average molecular weight is 310 g/mol. The van der Waals surface area contributed by atoms with E-state index in [0.29, 0.717) is 6.54 Å². The van der Waals surface area contributed by atoms with Crippen LogP contribution < -0.4 is 11.1 Å². The fourth-order valence-electron chi connectivity index (χ4n) is 2.14. The summed E-state index contributed by atoms with van der Waals surface area (Å²) in [5, 5.41) is 2.70. The molecular weight excluding hydrogens is 288 g/mol. The van der Waals surface area contributed by atoms with Gasteiger partial charge in [0.15, 0.2) is 0 Å². The van der Waals surface area contributed by atoms with Crippen LogP contribution in [0.15, 0.2) is 48.5 Å². The van der Waals surface area contributed by atoms with Crippen LogP contribution in [-0.2, 0) is 11.3 Å². The van der Waals surface area contributed by atoms with Crippen molar-refractivity contribution in [1.82, 2.24) is 5.32 Å². The molecule has 2 aromatic rings. The number of carbonyl (C=O) groups excluding carboxylic acids is 1. The van der Waals surface area contributed by atoms with E-state index in [0.717, 1.165) is 27.9 Å². The number of ether oxygens (including phenoxy) is 1. The molecule has 23 heavy (non-hydrogen) atoms. The lowest BCUT2D eigenvalue weighted by molar-refractivity contribution is 0.141. The Morgan fingerprint density at radius 3 is 2.65 bits per heavy atom. The Labute approximate surface area is 137 Å². The molecule has 0 atom stereocenters. The van der Waals surface area contributed by atoms with Crippen LogP contribution in [0, 0.1) is 13.8 Å². The van der Waals surface area contributed by atoms with Crippen LogP contribution in [0.4, 0.5) is 10.5 Å². The second-order valence-electron chi connectivity index (χ2n) is 5.41. The molecule has 3 N–H and O–H groups in total. The number of nitrogen functional groups attached to an aromatic ring is 1. The minimum absolute atomic E-state index is 0.270. The van der Waals surface area contributed by atoms with Crippen molar-refractivity contribution in [3.63, 3.8) is 0 Å². The molecule has 4 nitrogen and oxygen atoms in total. The van der Waals surface area contributed by atoms with Crippen molar-refractivity contribution in [2.45, 2.75) is 20.5 Å². The molecule has 0 fully saturated rings. The molecule has 0 aliphatic heterocycles. The van der Waals surface area contributed by atoms with Crippen molar-refractivity contribution >= 4 is 17.9 Å². The lowest BCUT2D eigenvalue weighted by atomic mass is 10.0. The van der Waals surface area contributed by atoms with Crippen LogP contribution in [0.3, 0.4) is 0 Å². The normalized spacial score (nSPS) is 10.7. The topological polar surface area (TPSA) is 64.3 Å². The van der Waals surface area contributed by atoms with Crippen LogP contribution in [0.25, 0.3) is 6.08 Å². The number of anilines is 1. The highest BCUT2D eigenvalue weighted by molar-refractivity contribution is 5.68. The molecule has 120 valence electrons. The molecule has 0 bridgehead atoms. The second kappa shape index (κ2) is 8.03. The largest absolute Gasteiger partial charge is 0.445 e. The van der Waals surface area contributed by atoms with Crippen molar-refractivity contribution in [3.05, 3.63) is 70.8 Å². The Bertz CT molecular complexity index is 694. The molecular formula is C19H22N2O2. The Kier molecular flexibility index (Phi) is 5.80. The van der Waals surface area contributed by atoms with Crippen molar-refractivity contribution in [2.24, 2.45) is 0 Å². The van der Waals surface area contributed by atoms with Crippen LogP contribution >= 0.6 is 0 Å². The molecule has 0 aromatic heterocycles. The van der Waals surface area contributed by atoms with Gasteiger partial charge < -0.3 is 15.8 Å². The number of hydrogen-bond donors (Lipinski definition) is 2. The van der Waals surface area contributed by atoms with Gasteiger partial charge in [-0.05, 0) is 48.2 Å². The number of rotatable bonds is 5. The van der Waals surface area contributed by atoms with Gasteiger partial charge in [-0.3, -0.25) is 0 Å². The van der Waals surface area contributed by atoms with Crippen molar-refractivity contribution in [2.75, 3.05) is 12.3 Å². The number of nitrogens with one attached hydrogen (secondary N) is 1. The van der Waals surface area contributed by atoms with Crippen molar-refractivity contribution in [3.8, 4) is 0 Å². The third-order valence-electron chi connectivity index (χ3n) is 3.53. The van der Waals surface area contributed by atoms with Crippen LogP contribution in [0.2, 0.25) is 0 Å². The van der Waals surface area contributed by atoms with Gasteiger partial charge in [0.1, 0.15) is 6.61 Å². The highest BCUT2D eigenvalue weighted by Gasteiger charge is 2.01. The number of hydrogen-bond acceptors (Lipinski definition) is 3. The monoisotopic (exact) mass is 310 g/mol. The molecule has 0 saturated carbocycles. The molecule has 2 aromatic carbocycles. The number of benzene rings is 2. The molecule has 0 heterocycles. The first-order valence-corrected chi connectivity index (χ1v) is 7.54. The Morgan fingerprint density at radius 1 is 1.17 bits per heavy atom. The molecule has 0 saturated heterocycles. The molecule has 0 spiro atoms. The standard InChI is InChI=1S/C19H22N2O2/c1-14-12-18(20)15(2)11-17(14)9-6-10-21-19(22)23-13-16-7-4-3-5-8-16/h3-9,11-12H,10,13,20H2,1-2H3,(H,21,22). The predicted octanol–water partition coefficient (Wildman–Crippen LogP) is 3.83. The Morgan fingerprint density at radius 2 is 1.91 bits per heavy atom. The molecule has 0 unspecified atom stereocenters. The van der Waals surface area contributed by atoms with Gasteiger partial charge in [-0.25, -0.2) is 4.79 Å². The Balaban J connectivity index is 1.78. The zero-order valence-corrected chi connectivity index (χ0v) is 13.5. The number of carbonyl (C=O) groups is 1. The summed E-state index contributed by atoms with van der Waals surface area (Å²) in [6.07, 6.45) is 3.43. The summed E-state index contributed by atoms with van der Waals surface area (Å²) in [5.74, 6) is 0. The number of amides is 1. The van der Waals surface area contributed by atoms with Gasteiger partial charge in [-0.2, -0.15) is 0 Å². The Hall–Kier alpha value is -2.75. The highest BCUT2D eigenvalue weighted by atomic mass is 16.5. The molecule has 1 amide bonds. The molecule has 0 aliphatic carbocycles. The number of alkyl carbamates (subject to hydrolysis) is 1. The maximum Gasteiger partial charge on any atom is 0.407 e. The van der Waals surface area contributed by atoms with Gasteiger partial charge in [0.05, 0.1) is 0 Å². The summed E-state index contributed by atoms with van der Waals surface area (Å²) in [6, 6.07) is 13.6.